The molecule has 0 aromatic heterocycles. The highest BCUT2D eigenvalue weighted by Gasteiger charge is 2.33. The van der Waals surface area contributed by atoms with Crippen LogP contribution < -0.4 is 11.5 Å². The molecule has 0 aliphatic carbocycles. The monoisotopic (exact) mass is 351 g/mol. The summed E-state index contributed by atoms with van der Waals surface area (Å²) in [5.41, 5.74) is 16.8. The van der Waals surface area contributed by atoms with Crippen LogP contribution in [-0.4, -0.2) is 22.6 Å². The minimum absolute atomic E-state index is 0.158. The van der Waals surface area contributed by atoms with Crippen LogP contribution >= 0.6 is 0 Å². The van der Waals surface area contributed by atoms with Crippen molar-refractivity contribution in [1.29, 1.82) is 0 Å². The molecule has 1 aliphatic rings. The first kappa shape index (κ1) is 17.9. The summed E-state index contributed by atoms with van der Waals surface area (Å²) in [5, 5.41) is 1.51. The van der Waals surface area contributed by atoms with Crippen molar-refractivity contribution in [2.24, 2.45) is 21.5 Å². The van der Waals surface area contributed by atoms with Crippen molar-refractivity contribution in [3.05, 3.63) is 59.2 Å². The fourth-order valence-corrected chi connectivity index (χ4v) is 3.19. The zero-order chi connectivity index (χ0) is 18.9. The Hall–Kier alpha value is -2.86. The van der Waals surface area contributed by atoms with Crippen molar-refractivity contribution in [1.82, 2.24) is 5.06 Å². The molecule has 6 nitrogen and oxygen atoms in total. The first-order chi connectivity index (χ1) is 12.3. The second kappa shape index (κ2) is 6.80. The van der Waals surface area contributed by atoms with Crippen LogP contribution in [0.5, 0.6) is 0 Å². The van der Waals surface area contributed by atoms with Gasteiger partial charge in [0.15, 0.2) is 5.66 Å². The topological polar surface area (TPSA) is 89.2 Å². The number of rotatable bonds is 4. The number of benzene rings is 2. The number of aryl methyl sites for hydroxylation is 1. The van der Waals surface area contributed by atoms with Crippen LogP contribution in [0.1, 0.15) is 30.5 Å². The van der Waals surface area contributed by atoms with Crippen LogP contribution in [0, 0.1) is 13.8 Å². The lowest BCUT2D eigenvalue weighted by atomic mass is 9.94. The Labute approximate surface area is 154 Å². The van der Waals surface area contributed by atoms with Gasteiger partial charge < -0.3 is 11.5 Å². The zero-order valence-corrected chi connectivity index (χ0v) is 15.7. The molecule has 6 heteroatoms. The normalized spacial score (nSPS) is 16.2. The summed E-state index contributed by atoms with van der Waals surface area (Å²) < 4.78 is 0. The predicted octanol–water partition coefficient (Wildman–Crippen LogP) is 3.08. The lowest BCUT2D eigenvalue weighted by molar-refractivity contribution is -0.167. The third kappa shape index (κ3) is 3.41. The van der Waals surface area contributed by atoms with Gasteiger partial charge in [0.25, 0.3) is 0 Å². The van der Waals surface area contributed by atoms with E-state index < -0.39 is 5.66 Å². The quantitative estimate of drug-likeness (QED) is 0.886. The van der Waals surface area contributed by atoms with E-state index in [9.17, 15) is 0 Å². The maximum atomic E-state index is 6.01. The van der Waals surface area contributed by atoms with E-state index in [-0.39, 0.29) is 11.9 Å². The summed E-state index contributed by atoms with van der Waals surface area (Å²) in [6.07, 6.45) is 0. The number of nitrogens with zero attached hydrogens (tertiary/aromatic N) is 3. The highest BCUT2D eigenvalue weighted by Crippen LogP contribution is 2.29. The van der Waals surface area contributed by atoms with Crippen molar-refractivity contribution in [3.63, 3.8) is 0 Å². The van der Waals surface area contributed by atoms with Crippen molar-refractivity contribution in [3.8, 4) is 11.1 Å². The Morgan fingerprint density at radius 3 is 2.38 bits per heavy atom. The number of aliphatic imine (C=N–C) groups is 2. The third-order valence-corrected chi connectivity index (χ3v) is 4.58. The van der Waals surface area contributed by atoms with E-state index in [1.165, 1.54) is 21.8 Å². The molecule has 0 fully saturated rings. The molecular formula is C20H25N5O. The molecule has 4 N–H and O–H groups in total. The molecular weight excluding hydrogens is 326 g/mol. The molecule has 0 spiro atoms. The van der Waals surface area contributed by atoms with Crippen LogP contribution in [0.15, 0.2) is 52.4 Å². The Morgan fingerprint density at radius 1 is 1.04 bits per heavy atom. The van der Waals surface area contributed by atoms with E-state index in [2.05, 4.69) is 48.1 Å². The smallest absolute Gasteiger partial charge is 0.226 e. The van der Waals surface area contributed by atoms with E-state index in [0.717, 1.165) is 11.1 Å². The minimum Gasteiger partial charge on any atom is -0.368 e. The first-order valence-electron chi connectivity index (χ1n) is 8.57. The summed E-state index contributed by atoms with van der Waals surface area (Å²) in [5.74, 6) is 0.364. The lowest BCUT2D eigenvalue weighted by Crippen LogP contribution is -2.53. The number of hydrogen-bond donors (Lipinski definition) is 2. The summed E-state index contributed by atoms with van der Waals surface area (Å²) >= 11 is 0. The molecule has 0 amide bonds. The van der Waals surface area contributed by atoms with E-state index in [4.69, 9.17) is 16.3 Å². The Morgan fingerprint density at radius 2 is 1.73 bits per heavy atom. The summed E-state index contributed by atoms with van der Waals surface area (Å²) in [6, 6.07) is 14.6. The van der Waals surface area contributed by atoms with Gasteiger partial charge in [0.1, 0.15) is 6.61 Å². The molecule has 2 aromatic carbocycles. The van der Waals surface area contributed by atoms with Crippen LogP contribution in [-0.2, 0) is 11.4 Å². The molecule has 1 aliphatic heterocycles. The van der Waals surface area contributed by atoms with Crippen molar-refractivity contribution >= 4 is 11.9 Å². The van der Waals surface area contributed by atoms with Gasteiger partial charge in [0.05, 0.1) is 0 Å². The van der Waals surface area contributed by atoms with Crippen molar-refractivity contribution < 1.29 is 4.84 Å². The fraction of sp³-hybridized carbons (Fsp3) is 0.300. The van der Waals surface area contributed by atoms with E-state index in [1.807, 2.05) is 32.0 Å². The highest BCUT2D eigenvalue weighted by atomic mass is 16.7. The van der Waals surface area contributed by atoms with Crippen LogP contribution in [0.3, 0.4) is 0 Å². The Kier molecular flexibility index (Phi) is 4.70. The maximum absolute atomic E-state index is 6.01. The minimum atomic E-state index is -0.714. The number of nitrogens with two attached hydrogens (primary N) is 2. The van der Waals surface area contributed by atoms with Gasteiger partial charge in [-0.25, -0.2) is 4.99 Å². The van der Waals surface area contributed by atoms with Crippen LogP contribution in [0.2, 0.25) is 0 Å². The number of guanidine groups is 2. The molecule has 26 heavy (non-hydrogen) atoms. The predicted molar refractivity (Wildman–Crippen MR) is 105 cm³/mol. The van der Waals surface area contributed by atoms with Gasteiger partial charge in [-0.1, -0.05) is 42.5 Å². The van der Waals surface area contributed by atoms with Crippen molar-refractivity contribution in [2.45, 2.75) is 40.0 Å². The standard InChI is InChI=1S/C20H25N5O/c1-13-10-11-16(15-8-6-5-7-9-15)14(2)17(13)12-26-25-19(22)23-18(21)24-20(25,3)4/h5-11H,12H2,1-4H3,(H4,21,22,23,24). The molecule has 1 heterocycles. The molecule has 0 unspecified atom stereocenters. The fourth-order valence-electron chi connectivity index (χ4n) is 3.19. The third-order valence-electron chi connectivity index (χ3n) is 4.58. The van der Waals surface area contributed by atoms with E-state index in [0.29, 0.717) is 6.61 Å². The molecule has 0 atom stereocenters. The molecule has 0 saturated carbocycles. The van der Waals surface area contributed by atoms with E-state index >= 15 is 0 Å². The van der Waals surface area contributed by atoms with Gasteiger partial charge in [-0.2, -0.15) is 10.1 Å². The van der Waals surface area contributed by atoms with Gasteiger partial charge in [-0.05, 0) is 55.5 Å². The Balaban J connectivity index is 1.88. The van der Waals surface area contributed by atoms with Gasteiger partial charge in [0.2, 0.25) is 11.9 Å². The van der Waals surface area contributed by atoms with Crippen LogP contribution in [0.4, 0.5) is 0 Å². The molecule has 3 rings (SSSR count). The largest absolute Gasteiger partial charge is 0.368 e. The summed E-state index contributed by atoms with van der Waals surface area (Å²) in [6.45, 7) is 8.31. The van der Waals surface area contributed by atoms with E-state index in [1.54, 1.807) is 0 Å². The van der Waals surface area contributed by atoms with Gasteiger partial charge in [-0.3, -0.25) is 4.84 Å². The lowest BCUT2D eigenvalue weighted by Gasteiger charge is -2.37. The van der Waals surface area contributed by atoms with Gasteiger partial charge in [-0.15, -0.1) is 0 Å². The Bertz CT molecular complexity index is 871. The zero-order valence-electron chi connectivity index (χ0n) is 15.7. The molecule has 0 bridgehead atoms. The first-order valence-corrected chi connectivity index (χ1v) is 8.57. The second-order valence-corrected chi connectivity index (χ2v) is 6.90. The van der Waals surface area contributed by atoms with Crippen LogP contribution in [0.25, 0.3) is 11.1 Å². The average Bonchev–Trinajstić information content (AvgIpc) is 2.56. The summed E-state index contributed by atoms with van der Waals surface area (Å²) in [4.78, 5) is 14.3. The average molecular weight is 351 g/mol. The maximum Gasteiger partial charge on any atom is 0.226 e. The molecule has 0 saturated heterocycles. The highest BCUT2D eigenvalue weighted by molar-refractivity contribution is 5.95. The molecule has 136 valence electrons. The SMILES string of the molecule is Cc1ccc(-c2ccccc2)c(C)c1CON1C(N)=NC(N)=NC1(C)C. The molecule has 2 aromatic rings. The molecule has 0 radical (unpaired) electrons. The van der Waals surface area contributed by atoms with Gasteiger partial charge in [0, 0.05) is 0 Å². The number of hydrogen-bond acceptors (Lipinski definition) is 6. The van der Waals surface area contributed by atoms with Gasteiger partial charge >= 0.3 is 0 Å². The van der Waals surface area contributed by atoms with Crippen molar-refractivity contribution in [2.75, 3.05) is 0 Å². The second-order valence-electron chi connectivity index (χ2n) is 6.90. The number of hydroxylamine groups is 2. The summed E-state index contributed by atoms with van der Waals surface area (Å²) in [7, 11) is 0.